The fourth-order valence-corrected chi connectivity index (χ4v) is 3.49. The standard InChI is InChI=1S/C19H29FN2O.ClH/c20-17-11-7-10-16(14-17)19(15-8-4-5-9-15)22-18(23)12-3-1-2-6-13-21;/h7,10-11,14-15,19H,1-6,8-9,12-13,21H2,(H,22,23);1H. The molecule has 3 nitrogen and oxygen atoms in total. The summed E-state index contributed by atoms with van der Waals surface area (Å²) in [4.78, 5) is 12.3. The second kappa shape index (κ2) is 11.4. The van der Waals surface area contributed by atoms with Gasteiger partial charge in [-0.05, 0) is 55.8 Å². The molecule has 1 aliphatic rings. The highest BCUT2D eigenvalue weighted by molar-refractivity contribution is 5.85. The topological polar surface area (TPSA) is 55.1 Å². The minimum Gasteiger partial charge on any atom is -0.349 e. The fraction of sp³-hybridized carbons (Fsp3) is 0.632. The number of carbonyl (C=O) groups excluding carboxylic acids is 1. The molecule has 0 aromatic heterocycles. The third-order valence-corrected chi connectivity index (χ3v) is 4.75. The quantitative estimate of drug-likeness (QED) is 0.640. The van der Waals surface area contributed by atoms with Crippen LogP contribution in [0.15, 0.2) is 24.3 Å². The summed E-state index contributed by atoms with van der Waals surface area (Å²) in [5.74, 6) is 0.276. The van der Waals surface area contributed by atoms with Crippen molar-refractivity contribution in [3.63, 3.8) is 0 Å². The first-order chi connectivity index (χ1) is 11.2. The predicted molar refractivity (Wildman–Crippen MR) is 98.6 cm³/mol. The molecule has 1 atom stereocenters. The first kappa shape index (κ1) is 20.9. The number of benzene rings is 1. The summed E-state index contributed by atoms with van der Waals surface area (Å²) in [6.07, 6.45) is 9.20. The van der Waals surface area contributed by atoms with Gasteiger partial charge in [0.2, 0.25) is 5.91 Å². The Balaban J connectivity index is 0.00000288. The van der Waals surface area contributed by atoms with E-state index in [9.17, 15) is 9.18 Å². The highest BCUT2D eigenvalue weighted by Gasteiger charge is 2.27. The van der Waals surface area contributed by atoms with Gasteiger partial charge in [-0.25, -0.2) is 4.39 Å². The molecular formula is C19H30ClFN2O. The van der Waals surface area contributed by atoms with Crippen molar-refractivity contribution in [2.45, 2.75) is 63.8 Å². The Morgan fingerprint density at radius 3 is 2.58 bits per heavy atom. The van der Waals surface area contributed by atoms with Crippen molar-refractivity contribution >= 4 is 18.3 Å². The summed E-state index contributed by atoms with van der Waals surface area (Å²) in [6.45, 7) is 0.718. The van der Waals surface area contributed by atoms with Crippen LogP contribution in [0.4, 0.5) is 4.39 Å². The third-order valence-electron chi connectivity index (χ3n) is 4.75. The smallest absolute Gasteiger partial charge is 0.220 e. The highest BCUT2D eigenvalue weighted by Crippen LogP contribution is 2.36. The van der Waals surface area contributed by atoms with Crippen molar-refractivity contribution in [2.75, 3.05) is 6.54 Å². The lowest BCUT2D eigenvalue weighted by molar-refractivity contribution is -0.122. The molecule has 1 unspecified atom stereocenters. The minimum atomic E-state index is -0.235. The van der Waals surface area contributed by atoms with Gasteiger partial charge in [-0.1, -0.05) is 37.8 Å². The maximum Gasteiger partial charge on any atom is 0.220 e. The first-order valence-corrected chi connectivity index (χ1v) is 8.95. The van der Waals surface area contributed by atoms with E-state index < -0.39 is 0 Å². The lowest BCUT2D eigenvalue weighted by Crippen LogP contribution is -2.32. The highest BCUT2D eigenvalue weighted by atomic mass is 35.5. The van der Waals surface area contributed by atoms with Crippen LogP contribution >= 0.6 is 12.4 Å². The monoisotopic (exact) mass is 356 g/mol. The predicted octanol–water partition coefficient (Wildman–Crippen LogP) is 4.50. The number of nitrogens with one attached hydrogen (secondary N) is 1. The van der Waals surface area contributed by atoms with Crippen molar-refractivity contribution in [1.82, 2.24) is 5.32 Å². The zero-order chi connectivity index (χ0) is 16.5. The molecule has 1 amide bonds. The molecular weight excluding hydrogens is 327 g/mol. The Morgan fingerprint density at radius 2 is 1.92 bits per heavy atom. The second-order valence-electron chi connectivity index (χ2n) is 6.60. The molecule has 0 bridgehead atoms. The molecule has 0 heterocycles. The van der Waals surface area contributed by atoms with E-state index in [1.165, 1.54) is 18.9 Å². The average Bonchev–Trinajstić information content (AvgIpc) is 3.06. The van der Waals surface area contributed by atoms with E-state index in [0.717, 1.165) is 50.6 Å². The number of nitrogens with two attached hydrogens (primary N) is 1. The van der Waals surface area contributed by atoms with E-state index in [1.54, 1.807) is 12.1 Å². The molecule has 1 aromatic rings. The summed E-state index contributed by atoms with van der Waals surface area (Å²) in [5.41, 5.74) is 6.37. The van der Waals surface area contributed by atoms with E-state index in [1.807, 2.05) is 6.07 Å². The van der Waals surface area contributed by atoms with Crippen molar-refractivity contribution in [2.24, 2.45) is 11.7 Å². The van der Waals surface area contributed by atoms with E-state index in [0.29, 0.717) is 12.3 Å². The number of amides is 1. The molecule has 1 saturated carbocycles. The Labute approximate surface area is 151 Å². The van der Waals surface area contributed by atoms with Gasteiger partial charge in [0, 0.05) is 6.42 Å². The van der Waals surface area contributed by atoms with E-state index in [2.05, 4.69) is 5.32 Å². The normalized spacial score (nSPS) is 15.8. The van der Waals surface area contributed by atoms with Crippen LogP contribution < -0.4 is 11.1 Å². The third kappa shape index (κ3) is 6.78. The Bertz CT molecular complexity index is 492. The van der Waals surface area contributed by atoms with Gasteiger partial charge < -0.3 is 11.1 Å². The number of rotatable bonds is 9. The van der Waals surface area contributed by atoms with Crippen molar-refractivity contribution in [3.8, 4) is 0 Å². The number of halogens is 2. The largest absolute Gasteiger partial charge is 0.349 e. The van der Waals surface area contributed by atoms with Crippen molar-refractivity contribution < 1.29 is 9.18 Å². The molecule has 0 spiro atoms. The summed E-state index contributed by atoms with van der Waals surface area (Å²) >= 11 is 0. The lowest BCUT2D eigenvalue weighted by Gasteiger charge is -2.25. The van der Waals surface area contributed by atoms with Gasteiger partial charge >= 0.3 is 0 Å². The molecule has 136 valence electrons. The molecule has 0 aliphatic heterocycles. The van der Waals surface area contributed by atoms with Crippen LogP contribution in [0.3, 0.4) is 0 Å². The summed E-state index contributed by atoms with van der Waals surface area (Å²) in [5, 5.41) is 3.16. The number of hydrogen-bond acceptors (Lipinski definition) is 2. The molecule has 5 heteroatoms. The molecule has 1 aliphatic carbocycles. The van der Waals surface area contributed by atoms with Crippen molar-refractivity contribution in [3.05, 3.63) is 35.6 Å². The van der Waals surface area contributed by atoms with Gasteiger partial charge in [0.25, 0.3) is 0 Å². The van der Waals surface area contributed by atoms with Crippen LogP contribution in [-0.4, -0.2) is 12.5 Å². The Kier molecular flexibility index (Phi) is 9.96. The van der Waals surface area contributed by atoms with Crippen LogP contribution in [0, 0.1) is 11.7 Å². The average molecular weight is 357 g/mol. The van der Waals surface area contributed by atoms with E-state index >= 15 is 0 Å². The van der Waals surface area contributed by atoms with Crippen LogP contribution in [-0.2, 0) is 4.79 Å². The van der Waals surface area contributed by atoms with Gasteiger partial charge in [0.1, 0.15) is 5.82 Å². The molecule has 0 saturated heterocycles. The molecule has 3 N–H and O–H groups in total. The lowest BCUT2D eigenvalue weighted by atomic mass is 9.91. The molecule has 24 heavy (non-hydrogen) atoms. The maximum absolute atomic E-state index is 13.5. The molecule has 2 rings (SSSR count). The molecule has 1 fully saturated rings. The zero-order valence-corrected chi connectivity index (χ0v) is 15.1. The summed E-state index contributed by atoms with van der Waals surface area (Å²) in [7, 11) is 0. The van der Waals surface area contributed by atoms with Crippen LogP contribution in [0.2, 0.25) is 0 Å². The number of unbranched alkanes of at least 4 members (excludes halogenated alkanes) is 3. The van der Waals surface area contributed by atoms with Gasteiger partial charge in [-0.15, -0.1) is 12.4 Å². The molecule has 0 radical (unpaired) electrons. The second-order valence-corrected chi connectivity index (χ2v) is 6.60. The maximum atomic E-state index is 13.5. The van der Waals surface area contributed by atoms with Gasteiger partial charge in [-0.2, -0.15) is 0 Å². The van der Waals surface area contributed by atoms with Gasteiger partial charge in [-0.3, -0.25) is 4.79 Å². The van der Waals surface area contributed by atoms with Crippen molar-refractivity contribution in [1.29, 1.82) is 0 Å². The summed E-state index contributed by atoms with van der Waals surface area (Å²) in [6, 6.07) is 6.61. The summed E-state index contributed by atoms with van der Waals surface area (Å²) < 4.78 is 13.5. The Hall–Kier alpha value is -1.13. The molecule has 1 aromatic carbocycles. The number of carbonyl (C=O) groups is 1. The fourth-order valence-electron chi connectivity index (χ4n) is 3.49. The van der Waals surface area contributed by atoms with Crippen LogP contribution in [0.1, 0.15) is 69.4 Å². The zero-order valence-electron chi connectivity index (χ0n) is 14.3. The van der Waals surface area contributed by atoms with Crippen LogP contribution in [0.25, 0.3) is 0 Å². The van der Waals surface area contributed by atoms with Gasteiger partial charge in [0.15, 0.2) is 0 Å². The van der Waals surface area contributed by atoms with E-state index in [4.69, 9.17) is 5.73 Å². The van der Waals surface area contributed by atoms with E-state index in [-0.39, 0.29) is 30.2 Å². The van der Waals surface area contributed by atoms with Gasteiger partial charge in [0.05, 0.1) is 6.04 Å². The first-order valence-electron chi connectivity index (χ1n) is 8.95. The number of hydrogen-bond donors (Lipinski definition) is 2. The minimum absolute atomic E-state index is 0. The Morgan fingerprint density at radius 1 is 1.21 bits per heavy atom. The SMILES string of the molecule is Cl.NCCCCCCC(=O)NC(c1cccc(F)c1)C1CCCC1. The van der Waals surface area contributed by atoms with Crippen LogP contribution in [0.5, 0.6) is 0 Å².